The highest BCUT2D eigenvalue weighted by molar-refractivity contribution is 9.11. The molecule has 1 amide bonds. The van der Waals surface area contributed by atoms with E-state index in [4.69, 9.17) is 0 Å². The van der Waals surface area contributed by atoms with Crippen molar-refractivity contribution >= 4 is 45.6 Å². The van der Waals surface area contributed by atoms with Crippen molar-refractivity contribution in [2.45, 2.75) is 25.4 Å². The molecule has 0 aromatic carbocycles. The molecule has 1 atom stereocenters. The molecule has 126 valence electrons. The molecule has 0 saturated carbocycles. The maximum absolute atomic E-state index is 12.5. The van der Waals surface area contributed by atoms with E-state index in [-0.39, 0.29) is 18.3 Å². The van der Waals surface area contributed by atoms with Gasteiger partial charge in [-0.25, -0.2) is 0 Å². The topological polar surface area (TPSA) is 50.2 Å². The molecule has 3 rings (SSSR count). The lowest BCUT2D eigenvalue weighted by Gasteiger charge is -2.23. The summed E-state index contributed by atoms with van der Waals surface area (Å²) in [5, 5.41) is 7.85. The lowest BCUT2D eigenvalue weighted by Crippen LogP contribution is -2.32. The normalized spacial score (nSPS) is 17.6. The molecule has 1 aliphatic rings. The molecule has 2 aromatic heterocycles. The summed E-state index contributed by atoms with van der Waals surface area (Å²) in [6, 6.07) is 6.21. The fourth-order valence-corrected chi connectivity index (χ4v) is 4.19. The van der Waals surface area contributed by atoms with Crippen LogP contribution in [-0.2, 0) is 6.54 Å². The molecular formula is C15H20BrClN4OS. The summed E-state index contributed by atoms with van der Waals surface area (Å²) in [5.41, 5.74) is 0.517. The second kappa shape index (κ2) is 8.28. The van der Waals surface area contributed by atoms with E-state index in [9.17, 15) is 4.79 Å². The average Bonchev–Trinajstić information content (AvgIpc) is 3.17. The maximum Gasteiger partial charge on any atom is 0.274 e. The van der Waals surface area contributed by atoms with Gasteiger partial charge in [-0.2, -0.15) is 5.10 Å². The predicted octanol–water partition coefficient (Wildman–Crippen LogP) is 3.33. The number of amides is 1. The number of rotatable bonds is 4. The van der Waals surface area contributed by atoms with E-state index in [1.807, 2.05) is 36.1 Å². The monoisotopic (exact) mass is 418 g/mol. The van der Waals surface area contributed by atoms with Crippen molar-refractivity contribution in [3.05, 3.63) is 38.8 Å². The van der Waals surface area contributed by atoms with Crippen LogP contribution in [0.1, 0.15) is 34.2 Å². The van der Waals surface area contributed by atoms with E-state index < -0.39 is 0 Å². The Balaban J connectivity index is 0.00000192. The average molecular weight is 420 g/mol. The Kier molecular flexibility index (Phi) is 6.64. The molecule has 1 N–H and O–H groups in total. The summed E-state index contributed by atoms with van der Waals surface area (Å²) < 4.78 is 3.01. The van der Waals surface area contributed by atoms with E-state index in [1.54, 1.807) is 16.2 Å². The Labute approximate surface area is 154 Å². The first-order valence-electron chi connectivity index (χ1n) is 7.39. The van der Waals surface area contributed by atoms with E-state index in [0.29, 0.717) is 18.3 Å². The number of halogens is 2. The quantitative estimate of drug-likeness (QED) is 0.827. The molecule has 5 nitrogen and oxygen atoms in total. The van der Waals surface area contributed by atoms with Gasteiger partial charge in [0.25, 0.3) is 5.91 Å². The molecule has 0 radical (unpaired) electrons. The molecule has 2 aromatic rings. The predicted molar refractivity (Wildman–Crippen MR) is 98.4 cm³/mol. The van der Waals surface area contributed by atoms with Gasteiger partial charge in [-0.15, -0.1) is 23.7 Å². The molecule has 1 fully saturated rings. The Morgan fingerprint density at radius 1 is 1.52 bits per heavy atom. The Morgan fingerprint density at radius 2 is 2.35 bits per heavy atom. The summed E-state index contributed by atoms with van der Waals surface area (Å²) in [4.78, 5) is 15.3. The van der Waals surface area contributed by atoms with E-state index >= 15 is 0 Å². The summed E-state index contributed by atoms with van der Waals surface area (Å²) in [5.74, 6) is -0.0351. The fraction of sp³-hybridized carbons (Fsp3) is 0.467. The number of hydrogen-bond donors (Lipinski definition) is 1. The zero-order chi connectivity index (χ0) is 15.5. The SMILES string of the molecule is CN(Cc1ccc(Br)s1)C(=O)c1ccn(C2CCCNC2)n1.Cl. The van der Waals surface area contributed by atoms with Crippen LogP contribution in [0.25, 0.3) is 0 Å². The van der Waals surface area contributed by atoms with Gasteiger partial charge in [0.1, 0.15) is 5.69 Å². The van der Waals surface area contributed by atoms with Crippen molar-refractivity contribution in [1.29, 1.82) is 0 Å². The molecule has 1 unspecified atom stereocenters. The number of carbonyl (C=O) groups excluding carboxylic acids is 1. The first-order chi connectivity index (χ1) is 10.6. The van der Waals surface area contributed by atoms with Crippen LogP contribution in [0.3, 0.4) is 0 Å². The van der Waals surface area contributed by atoms with Crippen molar-refractivity contribution in [2.75, 3.05) is 20.1 Å². The minimum absolute atomic E-state index is 0. The highest BCUT2D eigenvalue weighted by atomic mass is 79.9. The van der Waals surface area contributed by atoms with Crippen LogP contribution in [0.2, 0.25) is 0 Å². The van der Waals surface area contributed by atoms with Gasteiger partial charge in [0.2, 0.25) is 0 Å². The van der Waals surface area contributed by atoms with Crippen molar-refractivity contribution in [3.63, 3.8) is 0 Å². The molecule has 1 saturated heterocycles. The van der Waals surface area contributed by atoms with Crippen LogP contribution >= 0.6 is 39.7 Å². The van der Waals surface area contributed by atoms with Gasteiger partial charge in [-0.1, -0.05) is 0 Å². The lowest BCUT2D eigenvalue weighted by atomic mass is 10.1. The smallest absolute Gasteiger partial charge is 0.274 e. The summed E-state index contributed by atoms with van der Waals surface area (Å²) >= 11 is 5.09. The van der Waals surface area contributed by atoms with Crippen LogP contribution in [0.15, 0.2) is 28.2 Å². The van der Waals surface area contributed by atoms with Crippen molar-refractivity contribution in [3.8, 4) is 0 Å². The number of carbonyl (C=O) groups is 1. The summed E-state index contributed by atoms with van der Waals surface area (Å²) in [6.45, 7) is 2.60. The van der Waals surface area contributed by atoms with E-state index in [0.717, 1.165) is 34.6 Å². The summed E-state index contributed by atoms with van der Waals surface area (Å²) in [6.07, 6.45) is 4.18. The molecule has 1 aliphatic heterocycles. The van der Waals surface area contributed by atoms with Crippen molar-refractivity contribution in [2.24, 2.45) is 0 Å². The highest BCUT2D eigenvalue weighted by Crippen LogP contribution is 2.23. The zero-order valence-corrected chi connectivity index (χ0v) is 16.1. The van der Waals surface area contributed by atoms with Gasteiger partial charge >= 0.3 is 0 Å². The van der Waals surface area contributed by atoms with Crippen LogP contribution in [0.4, 0.5) is 0 Å². The van der Waals surface area contributed by atoms with Gasteiger partial charge in [-0.3, -0.25) is 9.48 Å². The molecule has 0 bridgehead atoms. The van der Waals surface area contributed by atoms with Crippen LogP contribution in [0, 0.1) is 0 Å². The molecule has 8 heteroatoms. The van der Waals surface area contributed by atoms with Crippen molar-refractivity contribution in [1.82, 2.24) is 20.0 Å². The number of nitrogens with one attached hydrogen (secondary N) is 1. The zero-order valence-electron chi connectivity index (χ0n) is 12.9. The van der Waals surface area contributed by atoms with Gasteiger partial charge in [-0.05, 0) is 53.5 Å². The number of aromatic nitrogens is 2. The first-order valence-corrected chi connectivity index (χ1v) is 9.00. The number of hydrogen-bond acceptors (Lipinski definition) is 4. The molecule has 0 aliphatic carbocycles. The van der Waals surface area contributed by atoms with Crippen molar-refractivity contribution < 1.29 is 4.79 Å². The third-order valence-corrected chi connectivity index (χ3v) is 5.45. The molecule has 3 heterocycles. The van der Waals surface area contributed by atoms with Gasteiger partial charge in [0.05, 0.1) is 16.4 Å². The number of nitrogens with zero attached hydrogens (tertiary/aromatic N) is 3. The third-order valence-electron chi connectivity index (χ3n) is 3.84. The molecule has 0 spiro atoms. The van der Waals surface area contributed by atoms with E-state index in [2.05, 4.69) is 26.3 Å². The molecule has 23 heavy (non-hydrogen) atoms. The van der Waals surface area contributed by atoms with Crippen LogP contribution < -0.4 is 5.32 Å². The highest BCUT2D eigenvalue weighted by Gasteiger charge is 2.19. The summed E-state index contributed by atoms with van der Waals surface area (Å²) in [7, 11) is 1.82. The maximum atomic E-state index is 12.5. The van der Waals surface area contributed by atoms with Gasteiger partial charge in [0.15, 0.2) is 0 Å². The van der Waals surface area contributed by atoms with E-state index in [1.165, 1.54) is 0 Å². The second-order valence-electron chi connectivity index (χ2n) is 5.55. The Hall–Kier alpha value is -0.890. The number of piperidine rings is 1. The standard InChI is InChI=1S/C15H19BrN4OS.ClH/c1-19(10-12-4-5-14(16)22-12)15(21)13-6-8-20(18-13)11-3-2-7-17-9-11;/h4-6,8,11,17H,2-3,7,9-10H2,1H3;1H. The van der Waals surface area contributed by atoms with Gasteiger partial charge in [0, 0.05) is 24.7 Å². The number of thiophene rings is 1. The Morgan fingerprint density at radius 3 is 3.00 bits per heavy atom. The minimum atomic E-state index is -0.0351. The first kappa shape index (κ1) is 18.4. The third kappa shape index (κ3) is 4.56. The molecular weight excluding hydrogens is 400 g/mol. The van der Waals surface area contributed by atoms with Crippen LogP contribution in [-0.4, -0.2) is 40.7 Å². The fourth-order valence-electron chi connectivity index (χ4n) is 2.65. The second-order valence-corrected chi connectivity index (χ2v) is 8.10. The van der Waals surface area contributed by atoms with Gasteiger partial charge < -0.3 is 10.2 Å². The minimum Gasteiger partial charge on any atom is -0.335 e. The largest absolute Gasteiger partial charge is 0.335 e. The Bertz CT molecular complexity index is 653. The lowest BCUT2D eigenvalue weighted by molar-refractivity contribution is 0.0779. The van der Waals surface area contributed by atoms with Crippen LogP contribution in [0.5, 0.6) is 0 Å².